The van der Waals surface area contributed by atoms with Gasteiger partial charge in [-0.3, -0.25) is 5.10 Å². The molecule has 3 N–H and O–H groups in total. The van der Waals surface area contributed by atoms with Gasteiger partial charge in [0.2, 0.25) is 0 Å². The topological polar surface area (TPSA) is 56.5 Å². The van der Waals surface area contributed by atoms with Crippen LogP contribution in [0.4, 0.5) is 0 Å². The lowest BCUT2D eigenvalue weighted by Crippen LogP contribution is -2.27. The summed E-state index contributed by atoms with van der Waals surface area (Å²) in [5.74, 6) is 0.586. The molecular weight excluding hydrogens is 248 g/mol. The number of rotatable bonds is 2. The van der Waals surface area contributed by atoms with Gasteiger partial charge in [-0.2, -0.15) is 5.10 Å². The number of nitrogens with zero attached hydrogens (tertiary/aromatic N) is 1. The molecule has 0 amide bonds. The molecule has 0 spiro atoms. The van der Waals surface area contributed by atoms with Gasteiger partial charge >= 0.3 is 0 Å². The molecule has 0 atom stereocenters. The van der Waals surface area contributed by atoms with E-state index in [1.807, 2.05) is 6.20 Å². The van der Waals surface area contributed by atoms with E-state index >= 15 is 0 Å². The Balaban J connectivity index is 1.81. The van der Waals surface area contributed by atoms with Crippen molar-refractivity contribution in [3.63, 3.8) is 0 Å². The van der Waals surface area contributed by atoms with E-state index in [2.05, 4.69) is 51.0 Å². The van der Waals surface area contributed by atoms with E-state index in [-0.39, 0.29) is 0 Å². The van der Waals surface area contributed by atoms with E-state index in [4.69, 9.17) is 0 Å². The molecule has 102 valence electrons. The van der Waals surface area contributed by atoms with Crippen molar-refractivity contribution in [2.75, 3.05) is 13.1 Å². The minimum Gasteiger partial charge on any atom is -0.361 e. The molecule has 4 heteroatoms. The molecule has 20 heavy (non-hydrogen) atoms. The van der Waals surface area contributed by atoms with Gasteiger partial charge < -0.3 is 10.3 Å². The molecule has 4 rings (SSSR count). The Hall–Kier alpha value is -2.07. The van der Waals surface area contributed by atoms with Crippen molar-refractivity contribution >= 4 is 10.9 Å². The largest absolute Gasteiger partial charge is 0.361 e. The van der Waals surface area contributed by atoms with Crippen LogP contribution in [-0.4, -0.2) is 28.3 Å². The van der Waals surface area contributed by atoms with Gasteiger partial charge in [0.1, 0.15) is 0 Å². The highest BCUT2D eigenvalue weighted by atomic mass is 15.1. The average molecular weight is 266 g/mol. The Labute approximate surface area is 117 Å². The summed E-state index contributed by atoms with van der Waals surface area (Å²) in [5, 5.41) is 12.2. The first-order chi connectivity index (χ1) is 9.93. The van der Waals surface area contributed by atoms with E-state index in [9.17, 15) is 0 Å². The van der Waals surface area contributed by atoms with Crippen LogP contribution >= 0.6 is 0 Å². The average Bonchev–Trinajstić information content (AvgIpc) is 3.14. The molecule has 1 aliphatic heterocycles. The monoisotopic (exact) mass is 266 g/mol. The first kappa shape index (κ1) is 11.7. The molecule has 1 fully saturated rings. The number of aromatic nitrogens is 3. The first-order valence-electron chi connectivity index (χ1n) is 7.24. The Morgan fingerprint density at radius 2 is 1.90 bits per heavy atom. The number of piperidine rings is 1. The number of para-hydroxylation sites is 1. The summed E-state index contributed by atoms with van der Waals surface area (Å²) in [6.07, 6.45) is 6.42. The summed E-state index contributed by atoms with van der Waals surface area (Å²) in [6, 6.07) is 8.43. The number of H-pyrrole nitrogens is 2. The van der Waals surface area contributed by atoms with Crippen LogP contribution in [0.5, 0.6) is 0 Å². The zero-order valence-corrected chi connectivity index (χ0v) is 11.3. The van der Waals surface area contributed by atoms with E-state index < -0.39 is 0 Å². The molecule has 0 bridgehead atoms. The second-order valence-corrected chi connectivity index (χ2v) is 5.47. The predicted octanol–water partition coefficient (Wildman–Crippen LogP) is 3.03. The summed E-state index contributed by atoms with van der Waals surface area (Å²) < 4.78 is 0. The van der Waals surface area contributed by atoms with E-state index in [0.29, 0.717) is 5.92 Å². The minimum absolute atomic E-state index is 0.586. The minimum atomic E-state index is 0.586. The third-order valence-electron chi connectivity index (χ3n) is 4.30. The van der Waals surface area contributed by atoms with Gasteiger partial charge in [-0.1, -0.05) is 18.2 Å². The molecule has 0 aliphatic carbocycles. The Bertz CT molecular complexity index is 719. The number of nitrogens with one attached hydrogen (secondary N) is 3. The van der Waals surface area contributed by atoms with Gasteiger partial charge in [-0.05, 0) is 32.0 Å². The summed E-state index contributed by atoms with van der Waals surface area (Å²) in [4.78, 5) is 3.35. The zero-order chi connectivity index (χ0) is 13.4. The standard InChI is InChI=1S/C16H18N4/c1-2-4-15-12(3-1)13(9-18-15)14-10-19-20-16(14)11-5-7-17-8-6-11/h1-4,9-11,17-18H,5-8H2,(H,19,20). The Morgan fingerprint density at radius 1 is 1.05 bits per heavy atom. The van der Waals surface area contributed by atoms with Crippen LogP contribution in [0.3, 0.4) is 0 Å². The van der Waals surface area contributed by atoms with Gasteiger partial charge in [0.25, 0.3) is 0 Å². The van der Waals surface area contributed by atoms with Crippen molar-refractivity contribution in [2.45, 2.75) is 18.8 Å². The van der Waals surface area contributed by atoms with Crippen LogP contribution in [0.1, 0.15) is 24.5 Å². The fraction of sp³-hybridized carbons (Fsp3) is 0.312. The SMILES string of the molecule is c1ccc2c(-c3cn[nH]c3C3CCNCC3)c[nH]c2c1. The normalized spacial score (nSPS) is 16.8. The molecular formula is C16H18N4. The summed E-state index contributed by atoms with van der Waals surface area (Å²) in [5.41, 5.74) is 4.97. The third kappa shape index (κ3) is 1.84. The third-order valence-corrected chi connectivity index (χ3v) is 4.30. The number of hydrogen-bond donors (Lipinski definition) is 3. The van der Waals surface area contributed by atoms with Crippen LogP contribution in [0.15, 0.2) is 36.7 Å². The van der Waals surface area contributed by atoms with Crippen molar-refractivity contribution in [3.05, 3.63) is 42.4 Å². The maximum atomic E-state index is 4.30. The first-order valence-corrected chi connectivity index (χ1v) is 7.24. The Kier molecular flexibility index (Phi) is 2.81. The molecule has 2 aromatic heterocycles. The summed E-state index contributed by atoms with van der Waals surface area (Å²) in [7, 11) is 0. The maximum absolute atomic E-state index is 4.30. The van der Waals surface area contributed by atoms with Crippen molar-refractivity contribution in [3.8, 4) is 11.1 Å². The lowest BCUT2D eigenvalue weighted by molar-refractivity contribution is 0.453. The van der Waals surface area contributed by atoms with Crippen LogP contribution in [0, 0.1) is 0 Å². The molecule has 0 saturated carbocycles. The molecule has 4 nitrogen and oxygen atoms in total. The molecule has 0 radical (unpaired) electrons. The molecule has 3 aromatic rings. The van der Waals surface area contributed by atoms with Crippen molar-refractivity contribution in [2.24, 2.45) is 0 Å². The van der Waals surface area contributed by atoms with Gasteiger partial charge in [-0.25, -0.2) is 0 Å². The second-order valence-electron chi connectivity index (χ2n) is 5.47. The molecule has 1 saturated heterocycles. The van der Waals surface area contributed by atoms with Crippen molar-refractivity contribution in [1.82, 2.24) is 20.5 Å². The number of fused-ring (bicyclic) bond motifs is 1. The van der Waals surface area contributed by atoms with Crippen molar-refractivity contribution < 1.29 is 0 Å². The molecule has 1 aliphatic rings. The predicted molar refractivity (Wildman–Crippen MR) is 80.7 cm³/mol. The molecule has 1 aromatic carbocycles. The van der Waals surface area contributed by atoms with Crippen LogP contribution in [0.2, 0.25) is 0 Å². The van der Waals surface area contributed by atoms with E-state index in [0.717, 1.165) is 13.1 Å². The maximum Gasteiger partial charge on any atom is 0.0569 e. The smallest absolute Gasteiger partial charge is 0.0569 e. The van der Waals surface area contributed by atoms with E-state index in [1.165, 1.54) is 40.6 Å². The quantitative estimate of drug-likeness (QED) is 0.668. The van der Waals surface area contributed by atoms with Gasteiger partial charge in [-0.15, -0.1) is 0 Å². The summed E-state index contributed by atoms with van der Waals surface area (Å²) >= 11 is 0. The zero-order valence-electron chi connectivity index (χ0n) is 11.3. The number of aromatic amines is 2. The van der Waals surface area contributed by atoms with Gasteiger partial charge in [0.05, 0.1) is 6.20 Å². The van der Waals surface area contributed by atoms with Crippen molar-refractivity contribution in [1.29, 1.82) is 0 Å². The number of benzene rings is 1. The van der Waals surface area contributed by atoms with Crippen LogP contribution in [0.25, 0.3) is 22.0 Å². The van der Waals surface area contributed by atoms with Gasteiger partial charge in [0, 0.05) is 39.8 Å². The Morgan fingerprint density at radius 3 is 2.80 bits per heavy atom. The number of hydrogen-bond acceptors (Lipinski definition) is 2. The highest BCUT2D eigenvalue weighted by molar-refractivity contribution is 5.95. The highest BCUT2D eigenvalue weighted by Crippen LogP contribution is 2.35. The van der Waals surface area contributed by atoms with Crippen LogP contribution in [-0.2, 0) is 0 Å². The van der Waals surface area contributed by atoms with E-state index in [1.54, 1.807) is 0 Å². The lowest BCUT2D eigenvalue weighted by atomic mass is 9.90. The highest BCUT2D eigenvalue weighted by Gasteiger charge is 2.21. The van der Waals surface area contributed by atoms with Gasteiger partial charge in [0.15, 0.2) is 0 Å². The fourth-order valence-corrected chi connectivity index (χ4v) is 3.23. The molecule has 3 heterocycles. The lowest BCUT2D eigenvalue weighted by Gasteiger charge is -2.22. The summed E-state index contributed by atoms with van der Waals surface area (Å²) in [6.45, 7) is 2.19. The molecule has 0 unspecified atom stereocenters. The fourth-order valence-electron chi connectivity index (χ4n) is 3.23. The second kappa shape index (κ2) is 4.80. The van der Waals surface area contributed by atoms with Crippen LogP contribution < -0.4 is 5.32 Å².